The van der Waals surface area contributed by atoms with Crippen LogP contribution in [0, 0.1) is 21.7 Å². The molecule has 0 N–H and O–H groups in total. The number of carbonyl (C=O) groups excluding carboxylic acids is 1. The summed E-state index contributed by atoms with van der Waals surface area (Å²) in [6.45, 7) is 24.1. The molecule has 3 nitrogen and oxygen atoms in total. The van der Waals surface area contributed by atoms with Crippen molar-refractivity contribution in [2.45, 2.75) is 88.7 Å². The molecule has 3 heteroatoms. The molecular weight excluding hydrogens is 288 g/mol. The highest BCUT2D eigenvalue weighted by Gasteiger charge is 2.48. The topological polar surface area (TPSA) is 35.5 Å². The summed E-state index contributed by atoms with van der Waals surface area (Å²) in [7, 11) is 0. The average Bonchev–Trinajstić information content (AvgIpc) is 2.30. The number of carbonyl (C=O) groups is 1. The average molecular weight is 329 g/mol. The molecule has 23 heavy (non-hydrogen) atoms. The van der Waals surface area contributed by atoms with Gasteiger partial charge in [-0.05, 0) is 38.0 Å². The Balaban J connectivity index is 5.00. The van der Waals surface area contributed by atoms with Gasteiger partial charge in [0, 0.05) is 5.41 Å². The molecule has 0 aliphatic carbocycles. The second kappa shape index (κ2) is 7.55. The van der Waals surface area contributed by atoms with E-state index in [1.54, 1.807) is 0 Å². The Bertz CT molecular complexity index is 383. The van der Waals surface area contributed by atoms with Crippen molar-refractivity contribution in [1.29, 1.82) is 0 Å². The molecule has 0 bridgehead atoms. The van der Waals surface area contributed by atoms with Gasteiger partial charge in [-0.2, -0.15) is 0 Å². The lowest BCUT2D eigenvalue weighted by atomic mass is 9.61. The van der Waals surface area contributed by atoms with E-state index < -0.39 is 5.41 Å². The fourth-order valence-corrected chi connectivity index (χ4v) is 2.56. The van der Waals surface area contributed by atoms with Gasteiger partial charge in [-0.1, -0.05) is 55.4 Å². The Labute approximate surface area is 144 Å². The molecule has 0 radical (unpaired) electrons. The highest BCUT2D eigenvalue weighted by molar-refractivity contribution is 5.77. The zero-order valence-electron chi connectivity index (χ0n) is 17.4. The van der Waals surface area contributed by atoms with Gasteiger partial charge in [-0.3, -0.25) is 4.79 Å². The van der Waals surface area contributed by atoms with E-state index in [1.165, 1.54) is 0 Å². The van der Waals surface area contributed by atoms with Crippen LogP contribution in [0.15, 0.2) is 0 Å². The Morgan fingerprint density at radius 1 is 0.870 bits per heavy atom. The van der Waals surface area contributed by atoms with Crippen LogP contribution in [-0.2, 0) is 14.3 Å². The van der Waals surface area contributed by atoms with Crippen LogP contribution in [0.2, 0.25) is 0 Å². The first-order chi connectivity index (χ1) is 10.0. The van der Waals surface area contributed by atoms with Gasteiger partial charge >= 0.3 is 5.97 Å². The van der Waals surface area contributed by atoms with E-state index >= 15 is 0 Å². The highest BCUT2D eigenvalue weighted by atomic mass is 16.5. The minimum atomic E-state index is -0.514. The SMILES string of the molecule is CC(C)OCC(C)(C)COC(=O)C(C)(CC(C)(C)C)C(C)(C)C. The zero-order valence-corrected chi connectivity index (χ0v) is 17.4. The maximum atomic E-state index is 12.9. The van der Waals surface area contributed by atoms with Crippen LogP contribution < -0.4 is 0 Å². The molecule has 0 fully saturated rings. The molecule has 0 amide bonds. The van der Waals surface area contributed by atoms with Crippen molar-refractivity contribution in [1.82, 2.24) is 0 Å². The van der Waals surface area contributed by atoms with Gasteiger partial charge in [0.15, 0.2) is 0 Å². The van der Waals surface area contributed by atoms with E-state index in [0.717, 1.165) is 6.42 Å². The number of esters is 1. The summed E-state index contributed by atoms with van der Waals surface area (Å²) in [6, 6.07) is 0. The van der Waals surface area contributed by atoms with Gasteiger partial charge in [0.25, 0.3) is 0 Å². The number of hydrogen-bond acceptors (Lipinski definition) is 3. The molecule has 0 saturated heterocycles. The Hall–Kier alpha value is -0.570. The quantitative estimate of drug-likeness (QED) is 0.581. The Kier molecular flexibility index (Phi) is 7.36. The summed E-state index contributed by atoms with van der Waals surface area (Å²) in [5, 5.41) is 0. The number of rotatable bonds is 7. The van der Waals surface area contributed by atoms with Crippen LogP contribution >= 0.6 is 0 Å². The van der Waals surface area contributed by atoms with Gasteiger partial charge in [0.05, 0.1) is 24.7 Å². The summed E-state index contributed by atoms with van der Waals surface area (Å²) >= 11 is 0. The summed E-state index contributed by atoms with van der Waals surface area (Å²) in [5.74, 6) is -0.0995. The Morgan fingerprint density at radius 2 is 1.35 bits per heavy atom. The van der Waals surface area contributed by atoms with Crippen LogP contribution in [0.5, 0.6) is 0 Å². The summed E-state index contributed by atoms with van der Waals surface area (Å²) in [6.07, 6.45) is 0.983. The third kappa shape index (κ3) is 7.69. The van der Waals surface area contributed by atoms with Crippen LogP contribution in [0.4, 0.5) is 0 Å². The van der Waals surface area contributed by atoms with Gasteiger partial charge in [-0.25, -0.2) is 0 Å². The second-order valence-corrected chi connectivity index (χ2v) is 10.4. The molecule has 0 saturated carbocycles. The van der Waals surface area contributed by atoms with Crippen molar-refractivity contribution in [3.05, 3.63) is 0 Å². The largest absolute Gasteiger partial charge is 0.465 e. The molecular formula is C20H40O3. The summed E-state index contributed by atoms with van der Waals surface area (Å²) in [5.41, 5.74) is -0.784. The van der Waals surface area contributed by atoms with Crippen LogP contribution in [0.25, 0.3) is 0 Å². The Morgan fingerprint density at radius 3 is 1.70 bits per heavy atom. The third-order valence-electron chi connectivity index (χ3n) is 4.39. The van der Waals surface area contributed by atoms with Crippen molar-refractivity contribution in [3.8, 4) is 0 Å². The molecule has 138 valence electrons. The van der Waals surface area contributed by atoms with Crippen molar-refractivity contribution >= 4 is 5.97 Å². The van der Waals surface area contributed by atoms with E-state index in [0.29, 0.717) is 13.2 Å². The second-order valence-electron chi connectivity index (χ2n) is 10.4. The molecule has 0 aliphatic heterocycles. The molecule has 0 aromatic carbocycles. The van der Waals surface area contributed by atoms with Gasteiger partial charge in [0.2, 0.25) is 0 Å². The first kappa shape index (κ1) is 22.4. The van der Waals surface area contributed by atoms with Crippen molar-refractivity contribution in [2.24, 2.45) is 21.7 Å². The van der Waals surface area contributed by atoms with Crippen molar-refractivity contribution < 1.29 is 14.3 Å². The van der Waals surface area contributed by atoms with Crippen molar-refractivity contribution in [3.63, 3.8) is 0 Å². The minimum absolute atomic E-state index is 0.0668. The molecule has 0 heterocycles. The lowest BCUT2D eigenvalue weighted by Crippen LogP contribution is -2.45. The predicted octanol–water partition coefficient (Wildman–Crippen LogP) is 5.47. The van der Waals surface area contributed by atoms with Gasteiger partial charge in [0.1, 0.15) is 0 Å². The predicted molar refractivity (Wildman–Crippen MR) is 97.5 cm³/mol. The molecule has 0 aliphatic rings. The molecule has 1 unspecified atom stereocenters. The van der Waals surface area contributed by atoms with E-state index in [-0.39, 0.29) is 28.3 Å². The molecule has 0 spiro atoms. The fourth-order valence-electron chi connectivity index (χ4n) is 2.56. The van der Waals surface area contributed by atoms with E-state index in [4.69, 9.17) is 9.47 Å². The maximum absolute atomic E-state index is 12.9. The van der Waals surface area contributed by atoms with E-state index in [9.17, 15) is 4.79 Å². The molecule has 1 atom stereocenters. The van der Waals surface area contributed by atoms with E-state index in [2.05, 4.69) is 55.4 Å². The standard InChI is InChI=1S/C20H40O3/c1-15(2)22-13-19(9,10)14-23-16(21)20(11,18(6,7)8)12-17(3,4)5/h15H,12-14H2,1-11H3. The summed E-state index contributed by atoms with van der Waals surface area (Å²) < 4.78 is 11.4. The van der Waals surface area contributed by atoms with Crippen LogP contribution in [0.3, 0.4) is 0 Å². The zero-order chi connectivity index (χ0) is 18.7. The monoisotopic (exact) mass is 328 g/mol. The van der Waals surface area contributed by atoms with Crippen molar-refractivity contribution in [2.75, 3.05) is 13.2 Å². The first-order valence-electron chi connectivity index (χ1n) is 8.79. The normalized spacial score (nSPS) is 16.3. The highest BCUT2D eigenvalue weighted by Crippen LogP contribution is 2.47. The lowest BCUT2D eigenvalue weighted by Gasteiger charge is -2.43. The first-order valence-corrected chi connectivity index (χ1v) is 8.79. The third-order valence-corrected chi connectivity index (χ3v) is 4.39. The van der Waals surface area contributed by atoms with Gasteiger partial charge in [-0.15, -0.1) is 0 Å². The molecule has 0 rings (SSSR count). The van der Waals surface area contributed by atoms with E-state index in [1.807, 2.05) is 20.8 Å². The van der Waals surface area contributed by atoms with Crippen LogP contribution in [0.1, 0.15) is 82.6 Å². The van der Waals surface area contributed by atoms with Gasteiger partial charge < -0.3 is 9.47 Å². The molecule has 0 aromatic heterocycles. The molecule has 0 aromatic rings. The number of ether oxygens (including phenoxy) is 2. The fraction of sp³-hybridized carbons (Fsp3) is 0.950. The lowest BCUT2D eigenvalue weighted by molar-refractivity contribution is -0.169. The number of hydrogen-bond donors (Lipinski definition) is 0. The minimum Gasteiger partial charge on any atom is -0.465 e. The smallest absolute Gasteiger partial charge is 0.312 e. The van der Waals surface area contributed by atoms with Crippen LogP contribution in [-0.4, -0.2) is 25.3 Å². The maximum Gasteiger partial charge on any atom is 0.312 e. The summed E-state index contributed by atoms with van der Waals surface area (Å²) in [4.78, 5) is 12.9.